The minimum absolute atomic E-state index is 0.0670. The van der Waals surface area contributed by atoms with E-state index in [1.54, 1.807) is 11.9 Å². The second kappa shape index (κ2) is 4.91. The smallest absolute Gasteiger partial charge is 0.274 e. The van der Waals surface area contributed by atoms with Gasteiger partial charge in [-0.2, -0.15) is 5.10 Å². The summed E-state index contributed by atoms with van der Waals surface area (Å²) in [5.41, 5.74) is 11.8. The predicted molar refractivity (Wildman–Crippen MR) is 70.0 cm³/mol. The number of likely N-dealkylation sites (tertiary alicyclic amines) is 1. The largest absolute Gasteiger partial charge is 0.396 e. The van der Waals surface area contributed by atoms with E-state index in [1.165, 1.54) is 10.9 Å². The Labute approximate surface area is 111 Å². The Morgan fingerprint density at radius 3 is 2.63 bits per heavy atom. The summed E-state index contributed by atoms with van der Waals surface area (Å²) in [4.78, 5) is 25.5. The van der Waals surface area contributed by atoms with Gasteiger partial charge in [-0.15, -0.1) is 0 Å². The molecule has 19 heavy (non-hydrogen) atoms. The first kappa shape index (κ1) is 13.4. The van der Waals surface area contributed by atoms with Gasteiger partial charge in [0.05, 0.1) is 17.8 Å². The van der Waals surface area contributed by atoms with Crippen molar-refractivity contribution in [3.63, 3.8) is 0 Å². The van der Waals surface area contributed by atoms with Crippen LogP contribution in [-0.2, 0) is 11.8 Å². The second-order valence-corrected chi connectivity index (χ2v) is 5.06. The van der Waals surface area contributed by atoms with Gasteiger partial charge in [0.2, 0.25) is 5.91 Å². The molecule has 0 bridgehead atoms. The number of hydrogen-bond donors (Lipinski definition) is 2. The van der Waals surface area contributed by atoms with Crippen molar-refractivity contribution in [2.24, 2.45) is 18.7 Å². The zero-order valence-electron chi connectivity index (χ0n) is 11.2. The molecule has 4 N–H and O–H groups in total. The van der Waals surface area contributed by atoms with Crippen molar-refractivity contribution in [1.29, 1.82) is 0 Å². The molecule has 0 saturated carbocycles. The third kappa shape index (κ3) is 2.40. The number of piperidine rings is 1. The lowest BCUT2D eigenvalue weighted by Crippen LogP contribution is -2.49. The van der Waals surface area contributed by atoms with Crippen molar-refractivity contribution >= 4 is 17.5 Å². The zero-order valence-corrected chi connectivity index (χ0v) is 11.2. The first-order valence-corrected chi connectivity index (χ1v) is 6.29. The second-order valence-electron chi connectivity index (χ2n) is 5.06. The Kier molecular flexibility index (Phi) is 3.46. The lowest BCUT2D eigenvalue weighted by Gasteiger charge is -2.36. The highest BCUT2D eigenvalue weighted by molar-refractivity contribution is 5.97. The van der Waals surface area contributed by atoms with Crippen molar-refractivity contribution in [2.45, 2.75) is 25.8 Å². The molecule has 2 atom stereocenters. The molecule has 0 aliphatic carbocycles. The molecule has 1 saturated heterocycles. The number of aryl methyl sites for hydroxylation is 1. The number of carbonyl (C=O) groups excluding carboxylic acids is 2. The highest BCUT2D eigenvalue weighted by atomic mass is 16.2. The van der Waals surface area contributed by atoms with Crippen LogP contribution in [0.15, 0.2) is 6.20 Å². The topological polar surface area (TPSA) is 107 Å². The zero-order chi connectivity index (χ0) is 14.2. The van der Waals surface area contributed by atoms with Gasteiger partial charge in [0.1, 0.15) is 5.69 Å². The summed E-state index contributed by atoms with van der Waals surface area (Å²) >= 11 is 0. The molecule has 2 unspecified atom stereocenters. The number of aromatic nitrogens is 2. The van der Waals surface area contributed by atoms with Crippen LogP contribution in [0.4, 0.5) is 5.69 Å². The van der Waals surface area contributed by atoms with Crippen LogP contribution in [0.2, 0.25) is 0 Å². The van der Waals surface area contributed by atoms with E-state index in [4.69, 9.17) is 11.5 Å². The number of primary amides is 1. The van der Waals surface area contributed by atoms with Crippen molar-refractivity contribution in [1.82, 2.24) is 14.7 Å². The van der Waals surface area contributed by atoms with Crippen LogP contribution in [-0.4, -0.2) is 39.1 Å². The van der Waals surface area contributed by atoms with Gasteiger partial charge >= 0.3 is 0 Å². The molecule has 1 fully saturated rings. The minimum Gasteiger partial charge on any atom is -0.396 e. The molecule has 7 heteroatoms. The van der Waals surface area contributed by atoms with Crippen LogP contribution in [0.1, 0.15) is 30.3 Å². The SMILES string of the molecule is CC1CCC(C(N)=O)CN1C(=O)c1c(N)cnn1C. The lowest BCUT2D eigenvalue weighted by molar-refractivity contribution is -0.123. The average molecular weight is 265 g/mol. The normalized spacial score (nSPS) is 23.4. The first-order valence-electron chi connectivity index (χ1n) is 6.29. The number of rotatable bonds is 2. The van der Waals surface area contributed by atoms with Crippen LogP contribution < -0.4 is 11.5 Å². The monoisotopic (exact) mass is 265 g/mol. The van der Waals surface area contributed by atoms with Crippen molar-refractivity contribution in [2.75, 3.05) is 12.3 Å². The van der Waals surface area contributed by atoms with Gasteiger partial charge in [-0.25, -0.2) is 0 Å². The molecule has 0 aromatic carbocycles. The van der Waals surface area contributed by atoms with Crippen LogP contribution in [0.5, 0.6) is 0 Å². The summed E-state index contributed by atoms with van der Waals surface area (Å²) in [6, 6.07) is 0.0670. The number of hydrogen-bond acceptors (Lipinski definition) is 4. The molecule has 0 spiro atoms. The van der Waals surface area contributed by atoms with E-state index in [0.717, 1.165) is 12.8 Å². The molecular formula is C12H19N5O2. The van der Waals surface area contributed by atoms with Gasteiger partial charge in [0.15, 0.2) is 0 Å². The Morgan fingerprint density at radius 2 is 2.11 bits per heavy atom. The van der Waals surface area contributed by atoms with Crippen LogP contribution >= 0.6 is 0 Å². The average Bonchev–Trinajstić information content (AvgIpc) is 2.68. The van der Waals surface area contributed by atoms with E-state index < -0.39 is 0 Å². The van der Waals surface area contributed by atoms with E-state index in [1.807, 2.05) is 6.92 Å². The van der Waals surface area contributed by atoms with Gasteiger partial charge in [0.25, 0.3) is 5.91 Å². The molecule has 2 heterocycles. The number of amides is 2. The number of nitrogen functional groups attached to an aromatic ring is 1. The number of anilines is 1. The maximum absolute atomic E-state index is 12.5. The Balaban J connectivity index is 2.24. The van der Waals surface area contributed by atoms with E-state index in [-0.39, 0.29) is 23.8 Å². The fourth-order valence-electron chi connectivity index (χ4n) is 2.47. The fraction of sp³-hybridized carbons (Fsp3) is 0.583. The number of carbonyl (C=O) groups is 2. The summed E-state index contributed by atoms with van der Waals surface area (Å²) in [6.07, 6.45) is 2.94. The Bertz CT molecular complexity index is 491. The molecule has 1 aliphatic heterocycles. The van der Waals surface area contributed by atoms with E-state index >= 15 is 0 Å². The van der Waals surface area contributed by atoms with E-state index in [9.17, 15) is 9.59 Å². The molecule has 7 nitrogen and oxygen atoms in total. The van der Waals surface area contributed by atoms with Gasteiger partial charge in [0, 0.05) is 19.6 Å². The third-order valence-corrected chi connectivity index (χ3v) is 3.71. The third-order valence-electron chi connectivity index (χ3n) is 3.71. The van der Waals surface area contributed by atoms with E-state index in [0.29, 0.717) is 17.9 Å². The molecule has 1 aromatic rings. The predicted octanol–water partition coefficient (Wildman–Crippen LogP) is -0.272. The molecule has 1 aromatic heterocycles. The van der Waals surface area contributed by atoms with Crippen molar-refractivity contribution in [3.05, 3.63) is 11.9 Å². The lowest BCUT2D eigenvalue weighted by atomic mass is 9.92. The van der Waals surface area contributed by atoms with Crippen LogP contribution in [0.3, 0.4) is 0 Å². The van der Waals surface area contributed by atoms with Gasteiger partial charge in [-0.1, -0.05) is 0 Å². The summed E-state index contributed by atoms with van der Waals surface area (Å²) in [6.45, 7) is 2.31. The van der Waals surface area contributed by atoms with E-state index in [2.05, 4.69) is 5.10 Å². The quantitative estimate of drug-likeness (QED) is 0.767. The first-order chi connectivity index (χ1) is 8.91. The summed E-state index contributed by atoms with van der Waals surface area (Å²) in [7, 11) is 1.67. The van der Waals surface area contributed by atoms with Gasteiger partial charge < -0.3 is 16.4 Å². The molecule has 2 amide bonds. The number of nitrogens with zero attached hydrogens (tertiary/aromatic N) is 3. The minimum atomic E-state index is -0.359. The van der Waals surface area contributed by atoms with Crippen molar-refractivity contribution < 1.29 is 9.59 Å². The maximum atomic E-state index is 12.5. The molecular weight excluding hydrogens is 246 g/mol. The fourth-order valence-corrected chi connectivity index (χ4v) is 2.47. The van der Waals surface area contributed by atoms with Crippen molar-refractivity contribution in [3.8, 4) is 0 Å². The summed E-state index contributed by atoms with van der Waals surface area (Å²) < 4.78 is 1.46. The molecule has 2 rings (SSSR count). The highest BCUT2D eigenvalue weighted by Gasteiger charge is 2.33. The number of nitrogens with two attached hydrogens (primary N) is 2. The maximum Gasteiger partial charge on any atom is 0.274 e. The van der Waals surface area contributed by atoms with Gasteiger partial charge in [-0.05, 0) is 19.8 Å². The molecule has 1 aliphatic rings. The highest BCUT2D eigenvalue weighted by Crippen LogP contribution is 2.24. The molecule has 104 valence electrons. The molecule has 0 radical (unpaired) electrons. The van der Waals surface area contributed by atoms with Crippen LogP contribution in [0.25, 0.3) is 0 Å². The summed E-state index contributed by atoms with van der Waals surface area (Å²) in [5, 5.41) is 3.96. The standard InChI is InChI=1S/C12H19N5O2/c1-7-3-4-8(11(14)18)6-17(7)12(19)10-9(13)5-15-16(10)2/h5,7-8H,3-4,6,13H2,1-2H3,(H2,14,18). The Hall–Kier alpha value is -2.05. The van der Waals surface area contributed by atoms with Gasteiger partial charge in [-0.3, -0.25) is 14.3 Å². The summed E-state index contributed by atoms with van der Waals surface area (Å²) in [5.74, 6) is -0.840. The van der Waals surface area contributed by atoms with Crippen LogP contribution in [0, 0.1) is 5.92 Å². The Morgan fingerprint density at radius 1 is 1.42 bits per heavy atom.